The van der Waals surface area contributed by atoms with Gasteiger partial charge in [-0.3, -0.25) is 0 Å². The standard InChI is InChI=1S/C20H19NO4/c1-22-17-4-3-12-7-16-14-9-19-18(24-11-25-19)8-13(14)5-6-21(16)10-15(12)20(17)23-2/h3,7-10H,4-6,11H2,1-2H3. The van der Waals surface area contributed by atoms with Crippen molar-refractivity contribution < 1.29 is 18.9 Å². The first kappa shape index (κ1) is 14.5. The van der Waals surface area contributed by atoms with Crippen molar-refractivity contribution in [1.29, 1.82) is 0 Å². The summed E-state index contributed by atoms with van der Waals surface area (Å²) in [6.07, 6.45) is 8.31. The molecular weight excluding hydrogens is 318 g/mol. The molecular formula is C20H19NO4. The minimum absolute atomic E-state index is 0.304. The summed E-state index contributed by atoms with van der Waals surface area (Å²) in [5.41, 5.74) is 5.98. The fourth-order valence-corrected chi connectivity index (χ4v) is 3.90. The Bertz CT molecular complexity index is 891. The molecule has 3 heterocycles. The molecule has 4 aliphatic rings. The van der Waals surface area contributed by atoms with Gasteiger partial charge in [-0.25, -0.2) is 0 Å². The molecule has 0 spiro atoms. The van der Waals surface area contributed by atoms with E-state index in [4.69, 9.17) is 18.9 Å². The molecule has 0 saturated carbocycles. The number of fused-ring (bicyclic) bond motifs is 5. The molecule has 5 rings (SSSR count). The van der Waals surface area contributed by atoms with E-state index in [1.54, 1.807) is 14.2 Å². The first-order valence-corrected chi connectivity index (χ1v) is 8.43. The van der Waals surface area contributed by atoms with Crippen LogP contribution in [-0.4, -0.2) is 32.5 Å². The summed E-state index contributed by atoms with van der Waals surface area (Å²) in [6, 6.07) is 4.22. The number of hydrogen-bond donors (Lipinski definition) is 0. The highest BCUT2D eigenvalue weighted by Crippen LogP contribution is 2.44. The van der Waals surface area contributed by atoms with Gasteiger partial charge in [-0.15, -0.1) is 0 Å². The van der Waals surface area contributed by atoms with E-state index in [0.29, 0.717) is 6.79 Å². The lowest BCUT2D eigenvalue weighted by atomic mass is 9.88. The summed E-state index contributed by atoms with van der Waals surface area (Å²) in [5.74, 6) is 3.38. The van der Waals surface area contributed by atoms with E-state index in [0.717, 1.165) is 48.0 Å². The van der Waals surface area contributed by atoms with Crippen LogP contribution in [0.15, 0.2) is 53.1 Å². The van der Waals surface area contributed by atoms with Crippen molar-refractivity contribution >= 4 is 5.70 Å². The van der Waals surface area contributed by atoms with Gasteiger partial charge in [0.05, 0.1) is 14.2 Å². The van der Waals surface area contributed by atoms with Gasteiger partial charge in [-0.1, -0.05) is 6.08 Å². The van der Waals surface area contributed by atoms with Crippen LogP contribution in [0.3, 0.4) is 0 Å². The Morgan fingerprint density at radius 1 is 1.08 bits per heavy atom. The first-order chi connectivity index (χ1) is 12.3. The van der Waals surface area contributed by atoms with Crippen LogP contribution in [0, 0.1) is 0 Å². The SMILES string of the molecule is COC1=C(OC)C2=CN3CCc4cc5c(cc4C3=CC2=CC1)OCO5. The lowest BCUT2D eigenvalue weighted by Crippen LogP contribution is -2.28. The molecule has 5 heteroatoms. The minimum Gasteiger partial charge on any atom is -0.497 e. The third-order valence-electron chi connectivity index (χ3n) is 5.15. The van der Waals surface area contributed by atoms with Gasteiger partial charge in [0.25, 0.3) is 0 Å². The first-order valence-electron chi connectivity index (χ1n) is 8.43. The van der Waals surface area contributed by atoms with Crippen LogP contribution in [-0.2, 0) is 15.9 Å². The van der Waals surface area contributed by atoms with Gasteiger partial charge in [0.15, 0.2) is 17.3 Å². The Balaban J connectivity index is 1.60. The van der Waals surface area contributed by atoms with Gasteiger partial charge in [0.1, 0.15) is 5.76 Å². The van der Waals surface area contributed by atoms with Gasteiger partial charge < -0.3 is 23.8 Å². The van der Waals surface area contributed by atoms with Crippen LogP contribution < -0.4 is 9.47 Å². The van der Waals surface area contributed by atoms with Crippen molar-refractivity contribution in [3.63, 3.8) is 0 Å². The number of rotatable bonds is 2. The van der Waals surface area contributed by atoms with E-state index >= 15 is 0 Å². The predicted octanol–water partition coefficient (Wildman–Crippen LogP) is 3.35. The number of methoxy groups -OCH3 is 2. The smallest absolute Gasteiger partial charge is 0.231 e. The second-order valence-electron chi connectivity index (χ2n) is 6.40. The lowest BCUT2D eigenvalue weighted by molar-refractivity contribution is 0.174. The van der Waals surface area contributed by atoms with Crippen LogP contribution in [0.25, 0.3) is 5.70 Å². The molecule has 0 fully saturated rings. The van der Waals surface area contributed by atoms with Crippen molar-refractivity contribution in [1.82, 2.24) is 4.90 Å². The maximum absolute atomic E-state index is 5.63. The highest BCUT2D eigenvalue weighted by molar-refractivity contribution is 5.78. The number of hydrogen-bond acceptors (Lipinski definition) is 5. The molecule has 25 heavy (non-hydrogen) atoms. The molecule has 1 aliphatic carbocycles. The summed E-state index contributed by atoms with van der Waals surface area (Å²) < 4.78 is 22.2. The minimum atomic E-state index is 0.304. The predicted molar refractivity (Wildman–Crippen MR) is 92.8 cm³/mol. The number of ether oxygens (including phenoxy) is 4. The van der Waals surface area contributed by atoms with Crippen molar-refractivity contribution in [2.24, 2.45) is 0 Å². The monoisotopic (exact) mass is 337 g/mol. The second-order valence-corrected chi connectivity index (χ2v) is 6.40. The average molecular weight is 337 g/mol. The molecule has 0 unspecified atom stereocenters. The fraction of sp³-hybridized carbons (Fsp3) is 0.300. The molecule has 0 aromatic heterocycles. The van der Waals surface area contributed by atoms with Crippen LogP contribution in [0.2, 0.25) is 0 Å². The van der Waals surface area contributed by atoms with E-state index in [1.807, 2.05) is 0 Å². The van der Waals surface area contributed by atoms with Gasteiger partial charge in [-0.05, 0) is 35.8 Å². The summed E-state index contributed by atoms with van der Waals surface area (Å²) >= 11 is 0. The van der Waals surface area contributed by atoms with Crippen LogP contribution >= 0.6 is 0 Å². The third kappa shape index (κ3) is 2.08. The molecule has 0 bridgehead atoms. The highest BCUT2D eigenvalue weighted by atomic mass is 16.7. The number of benzene rings is 1. The zero-order valence-electron chi connectivity index (χ0n) is 14.3. The van der Waals surface area contributed by atoms with Crippen molar-refractivity contribution in [3.05, 3.63) is 64.3 Å². The summed E-state index contributed by atoms with van der Waals surface area (Å²) in [7, 11) is 3.39. The highest BCUT2D eigenvalue weighted by Gasteiger charge is 2.31. The van der Waals surface area contributed by atoms with Crippen LogP contribution in [0.5, 0.6) is 11.5 Å². The molecule has 0 N–H and O–H groups in total. The summed E-state index contributed by atoms with van der Waals surface area (Å²) in [6.45, 7) is 1.23. The topological polar surface area (TPSA) is 40.2 Å². The molecule has 1 aromatic rings. The largest absolute Gasteiger partial charge is 0.497 e. The van der Waals surface area contributed by atoms with E-state index in [9.17, 15) is 0 Å². The quantitative estimate of drug-likeness (QED) is 0.828. The number of nitrogens with zero attached hydrogens (tertiary/aromatic N) is 1. The molecule has 0 amide bonds. The zero-order chi connectivity index (χ0) is 17.0. The average Bonchev–Trinajstić information content (AvgIpc) is 3.11. The Kier molecular flexibility index (Phi) is 3.10. The number of allylic oxidation sites excluding steroid dienone is 3. The van der Waals surface area contributed by atoms with E-state index in [-0.39, 0.29) is 0 Å². The Morgan fingerprint density at radius 3 is 2.72 bits per heavy atom. The third-order valence-corrected chi connectivity index (χ3v) is 5.15. The molecule has 3 aliphatic heterocycles. The van der Waals surface area contributed by atoms with Crippen LogP contribution in [0.4, 0.5) is 0 Å². The van der Waals surface area contributed by atoms with E-state index in [1.165, 1.54) is 22.4 Å². The van der Waals surface area contributed by atoms with Crippen molar-refractivity contribution in [2.75, 3.05) is 27.6 Å². The van der Waals surface area contributed by atoms with Gasteiger partial charge >= 0.3 is 0 Å². The van der Waals surface area contributed by atoms with E-state index in [2.05, 4.69) is 35.4 Å². The molecule has 5 nitrogen and oxygen atoms in total. The normalized spacial score (nSPS) is 20.1. The van der Waals surface area contributed by atoms with Crippen LogP contribution in [0.1, 0.15) is 17.5 Å². The maximum Gasteiger partial charge on any atom is 0.231 e. The van der Waals surface area contributed by atoms with Gasteiger partial charge in [-0.2, -0.15) is 0 Å². The molecule has 0 saturated heterocycles. The van der Waals surface area contributed by atoms with E-state index < -0.39 is 0 Å². The maximum atomic E-state index is 5.63. The fourth-order valence-electron chi connectivity index (χ4n) is 3.90. The summed E-state index contributed by atoms with van der Waals surface area (Å²) in [4.78, 5) is 2.29. The zero-order valence-corrected chi connectivity index (χ0v) is 14.3. The Morgan fingerprint density at radius 2 is 1.92 bits per heavy atom. The Hall–Kier alpha value is -2.82. The van der Waals surface area contributed by atoms with Crippen molar-refractivity contribution in [2.45, 2.75) is 12.8 Å². The molecule has 0 radical (unpaired) electrons. The van der Waals surface area contributed by atoms with Crippen molar-refractivity contribution in [3.8, 4) is 11.5 Å². The summed E-state index contributed by atoms with van der Waals surface area (Å²) in [5, 5.41) is 0. The van der Waals surface area contributed by atoms with Gasteiger partial charge in [0.2, 0.25) is 6.79 Å². The molecule has 1 aromatic carbocycles. The lowest BCUT2D eigenvalue weighted by Gasteiger charge is -2.36. The Labute approximate surface area is 146 Å². The molecule has 0 atom stereocenters. The second kappa shape index (κ2) is 5.34. The van der Waals surface area contributed by atoms with Gasteiger partial charge in [0, 0.05) is 36.0 Å². The molecule has 128 valence electrons.